The zero-order chi connectivity index (χ0) is 23.5. The van der Waals surface area contributed by atoms with Gasteiger partial charge in [0.25, 0.3) is 5.91 Å². The molecule has 0 aliphatic carbocycles. The van der Waals surface area contributed by atoms with Gasteiger partial charge in [0, 0.05) is 37.7 Å². The number of benzene rings is 1. The zero-order valence-electron chi connectivity index (χ0n) is 18.8. The number of aliphatic hydroxyl groups is 2. The van der Waals surface area contributed by atoms with Gasteiger partial charge in [-0.3, -0.25) is 9.59 Å². The number of rotatable bonds is 13. The Labute approximate surface area is 193 Å². The van der Waals surface area contributed by atoms with Crippen LogP contribution < -0.4 is 10.7 Å². The molecule has 1 aromatic heterocycles. The second-order valence-corrected chi connectivity index (χ2v) is 8.13. The Hall–Kier alpha value is -2.68. The van der Waals surface area contributed by atoms with E-state index in [1.807, 2.05) is 6.07 Å². The fraction of sp³-hybridized carbons (Fsp3) is 0.520. The molecular weight excluding hydrogens is 426 g/mol. The lowest BCUT2D eigenvalue weighted by molar-refractivity contribution is -0.146. The molecule has 0 radical (unpaired) electrons. The number of nitrogens with one attached hydrogen (secondary N) is 1. The van der Waals surface area contributed by atoms with E-state index in [2.05, 4.69) is 5.32 Å². The molecule has 0 bridgehead atoms. The molecular formula is C25H33NO7. The van der Waals surface area contributed by atoms with Crippen molar-refractivity contribution in [1.82, 2.24) is 5.32 Å². The number of aliphatic hydroxyl groups excluding tert-OH is 2. The van der Waals surface area contributed by atoms with E-state index in [4.69, 9.17) is 24.1 Å². The lowest BCUT2D eigenvalue weighted by Crippen LogP contribution is -2.34. The van der Waals surface area contributed by atoms with Crippen molar-refractivity contribution in [3.8, 4) is 0 Å². The molecule has 0 saturated heterocycles. The Morgan fingerprint density at radius 1 is 1.06 bits per heavy atom. The highest BCUT2D eigenvalue weighted by Crippen LogP contribution is 2.31. The topological polar surface area (TPSA) is 118 Å². The molecule has 0 fully saturated rings. The van der Waals surface area contributed by atoms with Crippen molar-refractivity contribution in [3.63, 3.8) is 0 Å². The minimum absolute atomic E-state index is 0.0848. The van der Waals surface area contributed by atoms with Crippen molar-refractivity contribution in [1.29, 1.82) is 0 Å². The van der Waals surface area contributed by atoms with Gasteiger partial charge in [-0.25, -0.2) is 0 Å². The molecule has 2 heterocycles. The van der Waals surface area contributed by atoms with Gasteiger partial charge in [0.15, 0.2) is 11.2 Å². The Balaban J connectivity index is 1.74. The molecule has 0 spiro atoms. The van der Waals surface area contributed by atoms with Crippen LogP contribution in [0.2, 0.25) is 0 Å². The lowest BCUT2D eigenvalue weighted by atomic mass is 9.93. The van der Waals surface area contributed by atoms with Crippen LogP contribution in [-0.4, -0.2) is 48.8 Å². The predicted molar refractivity (Wildman–Crippen MR) is 124 cm³/mol. The second kappa shape index (κ2) is 13.1. The number of carbonyl (C=O) groups excluding carboxylic acids is 1. The van der Waals surface area contributed by atoms with Crippen LogP contribution in [0.25, 0.3) is 11.0 Å². The second-order valence-electron chi connectivity index (χ2n) is 8.13. The third kappa shape index (κ3) is 7.15. The number of amides is 1. The van der Waals surface area contributed by atoms with Crippen molar-refractivity contribution in [3.05, 3.63) is 58.2 Å². The van der Waals surface area contributed by atoms with E-state index >= 15 is 0 Å². The predicted octanol–water partition coefficient (Wildman–Crippen LogP) is 2.96. The number of hydrogen-bond acceptors (Lipinski definition) is 7. The monoisotopic (exact) mass is 459 g/mol. The first-order chi connectivity index (χ1) is 16.1. The molecule has 1 amide bonds. The van der Waals surface area contributed by atoms with Gasteiger partial charge in [0.2, 0.25) is 6.29 Å². The quantitative estimate of drug-likeness (QED) is 0.394. The molecule has 1 aliphatic heterocycles. The molecule has 3 N–H and O–H groups in total. The molecule has 180 valence electrons. The third-order valence-corrected chi connectivity index (χ3v) is 5.61. The van der Waals surface area contributed by atoms with E-state index in [1.165, 1.54) is 6.26 Å². The third-order valence-electron chi connectivity index (χ3n) is 5.61. The van der Waals surface area contributed by atoms with E-state index < -0.39 is 12.2 Å². The van der Waals surface area contributed by atoms with Crippen molar-refractivity contribution < 1.29 is 28.9 Å². The van der Waals surface area contributed by atoms with Gasteiger partial charge in [-0.15, -0.1) is 0 Å². The molecule has 33 heavy (non-hydrogen) atoms. The highest BCUT2D eigenvalue weighted by atomic mass is 16.7. The van der Waals surface area contributed by atoms with Crippen molar-refractivity contribution in [2.24, 2.45) is 0 Å². The number of fused-ring (bicyclic) bond motifs is 1. The highest BCUT2D eigenvalue weighted by molar-refractivity contribution is 5.91. The van der Waals surface area contributed by atoms with Crippen LogP contribution in [0.4, 0.5) is 0 Å². The number of para-hydroxylation sites is 1. The van der Waals surface area contributed by atoms with Crippen LogP contribution in [0.3, 0.4) is 0 Å². The summed E-state index contributed by atoms with van der Waals surface area (Å²) in [5.41, 5.74) is 0.830. The van der Waals surface area contributed by atoms with Gasteiger partial charge in [0.05, 0.1) is 18.3 Å². The summed E-state index contributed by atoms with van der Waals surface area (Å²) in [7, 11) is 0. The first-order valence-corrected chi connectivity index (χ1v) is 11.6. The Morgan fingerprint density at radius 2 is 1.82 bits per heavy atom. The van der Waals surface area contributed by atoms with E-state index in [1.54, 1.807) is 24.3 Å². The van der Waals surface area contributed by atoms with E-state index in [0.717, 1.165) is 25.7 Å². The lowest BCUT2D eigenvalue weighted by Gasteiger charge is -2.29. The Kier molecular flexibility index (Phi) is 9.93. The largest absolute Gasteiger partial charge is 0.464 e. The summed E-state index contributed by atoms with van der Waals surface area (Å²) in [5, 5.41) is 21.2. The summed E-state index contributed by atoms with van der Waals surface area (Å²) >= 11 is 0. The Morgan fingerprint density at radius 3 is 2.64 bits per heavy atom. The minimum Gasteiger partial charge on any atom is -0.464 e. The standard InChI is InChI=1S/C25H33NO7/c27-12-6-2-1-5-11-26-25(30)22-15-18(16-23(33-22)31-14-8-7-13-28)20-17-32-21-10-4-3-9-19(21)24(20)29/h3-4,9-10,15,17-18,23,27-28H,1-2,5-8,11-14,16H2,(H,26,30)/t18-,23+/m0/s1. The number of hydrogen-bond donors (Lipinski definition) is 3. The number of ether oxygens (including phenoxy) is 2. The highest BCUT2D eigenvalue weighted by Gasteiger charge is 2.30. The van der Waals surface area contributed by atoms with Crippen molar-refractivity contribution in [2.75, 3.05) is 26.4 Å². The first-order valence-electron chi connectivity index (χ1n) is 11.6. The van der Waals surface area contributed by atoms with Gasteiger partial charge >= 0.3 is 0 Å². The van der Waals surface area contributed by atoms with Crippen LogP contribution in [0.1, 0.15) is 56.4 Å². The maximum Gasteiger partial charge on any atom is 0.286 e. The molecule has 2 aromatic rings. The summed E-state index contributed by atoms with van der Waals surface area (Å²) in [4.78, 5) is 25.8. The molecule has 3 rings (SSSR count). The average Bonchev–Trinajstić information content (AvgIpc) is 2.84. The summed E-state index contributed by atoms with van der Waals surface area (Å²) in [5.74, 6) is -0.620. The van der Waals surface area contributed by atoms with Crippen LogP contribution in [0.15, 0.2) is 51.6 Å². The molecule has 2 atom stereocenters. The molecule has 1 aliphatic rings. The summed E-state index contributed by atoms with van der Waals surface area (Å²) in [6, 6.07) is 7.06. The van der Waals surface area contributed by atoms with Crippen LogP contribution in [-0.2, 0) is 14.3 Å². The van der Waals surface area contributed by atoms with Crippen molar-refractivity contribution in [2.45, 2.75) is 57.2 Å². The summed E-state index contributed by atoms with van der Waals surface area (Å²) in [6.07, 6.45) is 7.47. The van der Waals surface area contributed by atoms with Gasteiger partial charge in [-0.2, -0.15) is 0 Å². The van der Waals surface area contributed by atoms with Gasteiger partial charge in [-0.1, -0.05) is 25.0 Å². The maximum absolute atomic E-state index is 13.1. The summed E-state index contributed by atoms with van der Waals surface area (Å²) in [6.45, 7) is 1.14. The first kappa shape index (κ1) is 25.0. The molecule has 8 heteroatoms. The van der Waals surface area contributed by atoms with Crippen molar-refractivity contribution >= 4 is 16.9 Å². The normalized spacial score (nSPS) is 18.1. The van der Waals surface area contributed by atoms with Gasteiger partial charge in [-0.05, 0) is 43.9 Å². The fourth-order valence-corrected chi connectivity index (χ4v) is 3.79. The zero-order valence-corrected chi connectivity index (χ0v) is 18.8. The van der Waals surface area contributed by atoms with Crippen LogP contribution in [0, 0.1) is 0 Å². The smallest absolute Gasteiger partial charge is 0.286 e. The summed E-state index contributed by atoms with van der Waals surface area (Å²) < 4.78 is 17.3. The molecule has 1 aromatic carbocycles. The molecule has 8 nitrogen and oxygen atoms in total. The Bertz CT molecular complexity index is 984. The number of carbonyl (C=O) groups is 1. The fourth-order valence-electron chi connectivity index (χ4n) is 3.79. The van der Waals surface area contributed by atoms with Gasteiger partial charge < -0.3 is 29.4 Å². The SMILES string of the molecule is O=C(NCCCCCCO)C1=C[C@H](c2coc3ccccc3c2=O)C[C@H](OCCCCO)O1. The van der Waals surface area contributed by atoms with Crippen LogP contribution >= 0.6 is 0 Å². The number of unbranched alkanes of at least 4 members (excludes halogenated alkanes) is 4. The van der Waals surface area contributed by atoms with E-state index in [9.17, 15) is 9.59 Å². The minimum atomic E-state index is -0.685. The van der Waals surface area contributed by atoms with Gasteiger partial charge in [0.1, 0.15) is 5.58 Å². The van der Waals surface area contributed by atoms with E-state index in [0.29, 0.717) is 48.9 Å². The average molecular weight is 460 g/mol. The van der Waals surface area contributed by atoms with Crippen LogP contribution in [0.5, 0.6) is 0 Å². The molecule has 0 saturated carbocycles. The maximum atomic E-state index is 13.1. The number of allylic oxidation sites excluding steroid dienone is 1. The van der Waals surface area contributed by atoms with E-state index in [-0.39, 0.29) is 30.3 Å². The molecule has 0 unspecified atom stereocenters.